The molecule has 2 unspecified atom stereocenters. The van der Waals surface area contributed by atoms with Crippen LogP contribution in [0, 0.1) is 28.6 Å². The lowest BCUT2D eigenvalue weighted by Gasteiger charge is -2.59. The van der Waals surface area contributed by atoms with E-state index < -0.39 is 0 Å². The van der Waals surface area contributed by atoms with Crippen LogP contribution in [0.1, 0.15) is 59.3 Å². The van der Waals surface area contributed by atoms with Crippen LogP contribution in [0.5, 0.6) is 0 Å². The Balaban J connectivity index is 2.37. The third kappa shape index (κ3) is 2.05. The standard InChI is InChI=1S/C17H30O/c1-5-17-11-6-10-16(3,4)15(17)8-7-13(2)14(17)9-12-18/h5,13-15,18H,1,6-12H2,2-4H3/t13?,14-,15?,17+/m0/s1. The Kier molecular flexibility index (Phi) is 3.92. The Morgan fingerprint density at radius 1 is 1.28 bits per heavy atom. The van der Waals surface area contributed by atoms with Crippen LogP contribution < -0.4 is 0 Å². The highest BCUT2D eigenvalue weighted by Gasteiger charge is 2.54. The quantitative estimate of drug-likeness (QED) is 0.735. The van der Waals surface area contributed by atoms with E-state index >= 15 is 0 Å². The molecule has 0 heterocycles. The molecule has 0 amide bonds. The summed E-state index contributed by atoms with van der Waals surface area (Å²) in [6.45, 7) is 11.8. The molecule has 1 nitrogen and oxygen atoms in total. The van der Waals surface area contributed by atoms with Gasteiger partial charge in [0.1, 0.15) is 0 Å². The first-order valence-corrected chi connectivity index (χ1v) is 7.72. The largest absolute Gasteiger partial charge is 0.396 e. The molecule has 2 aliphatic carbocycles. The van der Waals surface area contributed by atoms with Crippen molar-refractivity contribution in [3.8, 4) is 0 Å². The molecule has 0 aliphatic heterocycles. The fraction of sp³-hybridized carbons (Fsp3) is 0.882. The fourth-order valence-corrected chi connectivity index (χ4v) is 5.28. The second kappa shape index (κ2) is 5.00. The molecular formula is C17H30O. The number of aliphatic hydroxyl groups excluding tert-OH is 1. The minimum atomic E-state index is 0.294. The van der Waals surface area contributed by atoms with Crippen molar-refractivity contribution in [2.75, 3.05) is 6.61 Å². The van der Waals surface area contributed by atoms with E-state index in [4.69, 9.17) is 0 Å². The maximum atomic E-state index is 9.43. The normalized spacial score (nSPS) is 43.2. The summed E-state index contributed by atoms with van der Waals surface area (Å²) in [5.41, 5.74) is 0.739. The van der Waals surface area contributed by atoms with Crippen molar-refractivity contribution in [2.45, 2.75) is 59.3 Å². The van der Waals surface area contributed by atoms with Gasteiger partial charge in [-0.05, 0) is 54.3 Å². The Bertz CT molecular complexity index is 307. The highest BCUT2D eigenvalue weighted by molar-refractivity contribution is 5.12. The van der Waals surface area contributed by atoms with Crippen molar-refractivity contribution in [3.05, 3.63) is 12.7 Å². The molecule has 2 aliphatic rings. The molecule has 0 bridgehead atoms. The first kappa shape index (κ1) is 14.1. The minimum Gasteiger partial charge on any atom is -0.396 e. The van der Waals surface area contributed by atoms with Crippen LogP contribution in [0.4, 0.5) is 0 Å². The molecule has 1 N–H and O–H groups in total. The average molecular weight is 250 g/mol. The first-order chi connectivity index (χ1) is 8.48. The van der Waals surface area contributed by atoms with Crippen LogP contribution in [-0.2, 0) is 0 Å². The molecule has 0 aromatic heterocycles. The van der Waals surface area contributed by atoms with Gasteiger partial charge in [0.2, 0.25) is 0 Å². The second-order valence-electron chi connectivity index (χ2n) is 7.38. The van der Waals surface area contributed by atoms with Crippen molar-refractivity contribution in [2.24, 2.45) is 28.6 Å². The van der Waals surface area contributed by atoms with Crippen molar-refractivity contribution < 1.29 is 5.11 Å². The van der Waals surface area contributed by atoms with E-state index in [9.17, 15) is 5.11 Å². The van der Waals surface area contributed by atoms with E-state index in [1.807, 2.05) is 0 Å². The molecule has 0 radical (unpaired) electrons. The minimum absolute atomic E-state index is 0.294. The molecule has 18 heavy (non-hydrogen) atoms. The van der Waals surface area contributed by atoms with Gasteiger partial charge in [0.15, 0.2) is 0 Å². The molecule has 0 saturated heterocycles. The number of rotatable bonds is 3. The van der Waals surface area contributed by atoms with Gasteiger partial charge in [0.25, 0.3) is 0 Å². The molecule has 0 aromatic carbocycles. The Labute approximate surface area is 113 Å². The summed E-state index contributed by atoms with van der Waals surface area (Å²) < 4.78 is 0. The summed E-state index contributed by atoms with van der Waals surface area (Å²) in [6.07, 6.45) is 9.88. The van der Waals surface area contributed by atoms with Gasteiger partial charge >= 0.3 is 0 Å². The van der Waals surface area contributed by atoms with Crippen molar-refractivity contribution in [1.82, 2.24) is 0 Å². The number of hydrogen-bond donors (Lipinski definition) is 1. The van der Waals surface area contributed by atoms with E-state index in [-0.39, 0.29) is 0 Å². The van der Waals surface area contributed by atoms with Gasteiger partial charge in [-0.3, -0.25) is 0 Å². The monoisotopic (exact) mass is 250 g/mol. The number of fused-ring (bicyclic) bond motifs is 1. The van der Waals surface area contributed by atoms with Gasteiger partial charge in [0.05, 0.1) is 0 Å². The lowest BCUT2D eigenvalue weighted by Crippen LogP contribution is -2.51. The first-order valence-electron chi connectivity index (χ1n) is 7.72. The molecule has 4 atom stereocenters. The number of allylic oxidation sites excluding steroid dienone is 1. The van der Waals surface area contributed by atoms with E-state index in [1.165, 1.54) is 32.1 Å². The molecule has 104 valence electrons. The molecular weight excluding hydrogens is 220 g/mol. The highest BCUT2D eigenvalue weighted by Crippen LogP contribution is 2.62. The van der Waals surface area contributed by atoms with Crippen LogP contribution in [0.3, 0.4) is 0 Å². The van der Waals surface area contributed by atoms with E-state index in [2.05, 4.69) is 33.4 Å². The van der Waals surface area contributed by atoms with Gasteiger partial charge in [-0.25, -0.2) is 0 Å². The molecule has 2 fully saturated rings. The van der Waals surface area contributed by atoms with Gasteiger partial charge in [-0.2, -0.15) is 0 Å². The van der Waals surface area contributed by atoms with Crippen molar-refractivity contribution in [3.63, 3.8) is 0 Å². The third-order valence-electron chi connectivity index (χ3n) is 6.13. The van der Waals surface area contributed by atoms with Crippen molar-refractivity contribution in [1.29, 1.82) is 0 Å². The van der Waals surface area contributed by atoms with Crippen LogP contribution in [0.25, 0.3) is 0 Å². The van der Waals surface area contributed by atoms with E-state index in [0.29, 0.717) is 23.4 Å². The molecule has 0 aromatic rings. The summed E-state index contributed by atoms with van der Waals surface area (Å²) in [7, 11) is 0. The average Bonchev–Trinajstić information content (AvgIpc) is 2.32. The zero-order chi connectivity index (χ0) is 13.4. The van der Waals surface area contributed by atoms with Crippen LogP contribution in [-0.4, -0.2) is 11.7 Å². The number of aliphatic hydroxyl groups is 1. The van der Waals surface area contributed by atoms with Gasteiger partial charge in [-0.1, -0.05) is 39.7 Å². The zero-order valence-electron chi connectivity index (χ0n) is 12.4. The van der Waals surface area contributed by atoms with E-state index in [0.717, 1.165) is 18.3 Å². The van der Waals surface area contributed by atoms with Gasteiger partial charge < -0.3 is 5.11 Å². The number of hydrogen-bond acceptors (Lipinski definition) is 1. The lowest BCUT2D eigenvalue weighted by molar-refractivity contribution is -0.0792. The summed E-state index contributed by atoms with van der Waals surface area (Å²) >= 11 is 0. The fourth-order valence-electron chi connectivity index (χ4n) is 5.28. The van der Waals surface area contributed by atoms with Crippen molar-refractivity contribution >= 4 is 0 Å². The SMILES string of the molecule is C=C[C@]12CCCC(C)(C)C1CCC(C)[C@@H]2CCO. The zero-order valence-corrected chi connectivity index (χ0v) is 12.4. The molecule has 2 saturated carbocycles. The molecule has 2 rings (SSSR count). The summed E-state index contributed by atoms with van der Waals surface area (Å²) in [5.74, 6) is 2.14. The van der Waals surface area contributed by atoms with Gasteiger partial charge in [-0.15, -0.1) is 6.58 Å². The molecule has 0 spiro atoms. The summed E-state index contributed by atoms with van der Waals surface area (Å²) in [5, 5.41) is 9.43. The third-order valence-corrected chi connectivity index (χ3v) is 6.13. The predicted octanol–water partition coefficient (Wildman–Crippen LogP) is 4.41. The maximum Gasteiger partial charge on any atom is 0.0434 e. The Morgan fingerprint density at radius 2 is 2.00 bits per heavy atom. The van der Waals surface area contributed by atoms with Crippen LogP contribution >= 0.6 is 0 Å². The smallest absolute Gasteiger partial charge is 0.0434 e. The van der Waals surface area contributed by atoms with E-state index in [1.54, 1.807) is 0 Å². The summed E-state index contributed by atoms with van der Waals surface area (Å²) in [6, 6.07) is 0. The Morgan fingerprint density at radius 3 is 2.61 bits per heavy atom. The van der Waals surface area contributed by atoms with Crippen LogP contribution in [0.15, 0.2) is 12.7 Å². The second-order valence-corrected chi connectivity index (χ2v) is 7.38. The van der Waals surface area contributed by atoms with Crippen LogP contribution in [0.2, 0.25) is 0 Å². The maximum absolute atomic E-state index is 9.43. The summed E-state index contributed by atoms with van der Waals surface area (Å²) in [4.78, 5) is 0. The Hall–Kier alpha value is -0.300. The highest BCUT2D eigenvalue weighted by atomic mass is 16.3. The topological polar surface area (TPSA) is 20.2 Å². The molecule has 1 heteroatoms. The lowest BCUT2D eigenvalue weighted by atomic mass is 9.45. The predicted molar refractivity (Wildman–Crippen MR) is 77.3 cm³/mol. The van der Waals surface area contributed by atoms with Gasteiger partial charge in [0, 0.05) is 6.61 Å².